The molecule has 11 nitrogen and oxygen atoms in total. The van der Waals surface area contributed by atoms with E-state index in [2.05, 4.69) is 15.6 Å². The molecule has 1 aromatic heterocycles. The third kappa shape index (κ3) is 9.08. The molecule has 13 heteroatoms. The number of carboxylic acids is 1. The summed E-state index contributed by atoms with van der Waals surface area (Å²) in [4.78, 5) is 47.0. The van der Waals surface area contributed by atoms with Crippen LogP contribution in [-0.4, -0.2) is 64.6 Å². The summed E-state index contributed by atoms with van der Waals surface area (Å²) >= 11 is 12.2. The highest BCUT2D eigenvalue weighted by Gasteiger charge is 2.40. The first-order chi connectivity index (χ1) is 29.0. The smallest absolute Gasteiger partial charge is 0.326 e. The molecule has 1 fully saturated rings. The fraction of sp³-hybridized carbons (Fsp3) is 0.319. The van der Waals surface area contributed by atoms with Crippen molar-refractivity contribution >= 4 is 41.0 Å². The number of hydrogen-bond acceptors (Lipinski definition) is 8. The Morgan fingerprint density at radius 2 is 1.72 bits per heavy atom. The molecule has 4 aromatic carbocycles. The van der Waals surface area contributed by atoms with Crippen molar-refractivity contribution in [2.24, 2.45) is 5.92 Å². The molecule has 0 saturated carbocycles. The molecule has 3 aliphatic rings. The normalized spacial score (nSPS) is 18.9. The number of benzene rings is 4. The van der Waals surface area contributed by atoms with Gasteiger partial charge in [-0.05, 0) is 120 Å². The number of hydrogen-bond donors (Lipinski definition) is 3. The van der Waals surface area contributed by atoms with Crippen LogP contribution in [0.3, 0.4) is 0 Å². The zero-order chi connectivity index (χ0) is 41.9. The minimum atomic E-state index is -1.21. The Morgan fingerprint density at radius 3 is 2.45 bits per heavy atom. The van der Waals surface area contributed by atoms with Gasteiger partial charge in [0, 0.05) is 37.8 Å². The van der Waals surface area contributed by atoms with Gasteiger partial charge in [0.15, 0.2) is 17.6 Å². The molecule has 8 rings (SSSR count). The second kappa shape index (κ2) is 17.9. The van der Waals surface area contributed by atoms with Crippen LogP contribution >= 0.6 is 23.2 Å². The van der Waals surface area contributed by atoms with E-state index in [1.54, 1.807) is 23.2 Å². The third-order valence-corrected chi connectivity index (χ3v) is 12.4. The molecule has 2 amide bonds. The fourth-order valence-electron chi connectivity index (χ4n) is 8.13. The minimum Gasteiger partial charge on any atom is -0.489 e. The number of pyridine rings is 1. The molecule has 310 valence electrons. The van der Waals surface area contributed by atoms with E-state index in [0.29, 0.717) is 46.9 Å². The van der Waals surface area contributed by atoms with Gasteiger partial charge in [-0.15, -0.1) is 0 Å². The van der Waals surface area contributed by atoms with Crippen LogP contribution in [0, 0.1) is 19.8 Å². The lowest BCUT2D eigenvalue weighted by atomic mass is 9.89. The maximum Gasteiger partial charge on any atom is 0.326 e. The van der Waals surface area contributed by atoms with Crippen LogP contribution in [0.1, 0.15) is 58.0 Å². The summed E-state index contributed by atoms with van der Waals surface area (Å²) in [5.74, 6) is -0.317. The van der Waals surface area contributed by atoms with E-state index in [1.165, 1.54) is 0 Å². The summed E-state index contributed by atoms with van der Waals surface area (Å²) in [6.07, 6.45) is 3.22. The summed E-state index contributed by atoms with van der Waals surface area (Å²) in [6.45, 7) is 6.11. The summed E-state index contributed by atoms with van der Waals surface area (Å²) in [5.41, 5.74) is 8.32. The quantitative estimate of drug-likeness (QED) is 0.121. The Kier molecular flexibility index (Phi) is 12.3. The lowest BCUT2D eigenvalue weighted by molar-refractivity contribution is -0.147. The fourth-order valence-corrected chi connectivity index (χ4v) is 8.45. The molecule has 1 saturated heterocycles. The summed E-state index contributed by atoms with van der Waals surface area (Å²) < 4.78 is 18.7. The van der Waals surface area contributed by atoms with E-state index in [0.717, 1.165) is 63.2 Å². The predicted molar refractivity (Wildman–Crippen MR) is 229 cm³/mol. The van der Waals surface area contributed by atoms with Gasteiger partial charge in [-0.1, -0.05) is 65.7 Å². The lowest BCUT2D eigenvalue weighted by Gasteiger charge is -2.39. The largest absolute Gasteiger partial charge is 0.489 e. The van der Waals surface area contributed by atoms with E-state index in [9.17, 15) is 19.5 Å². The van der Waals surface area contributed by atoms with Gasteiger partial charge in [0.05, 0.1) is 16.0 Å². The van der Waals surface area contributed by atoms with Crippen molar-refractivity contribution in [2.45, 2.75) is 70.9 Å². The van der Waals surface area contributed by atoms with Crippen LogP contribution in [-0.2, 0) is 40.4 Å². The standard InChI is InChI=1S/C47H46Cl2N4O7/c1-27-28(2)51-17-15-37(27)31-8-5-29(6-9-31)19-40(47(56)57)52-45(54)41-20-34-21-42-43(22-35(34)24-53(41)46(55)33-4-3-16-50-23-33)60-44(26-59-42)32-10-12-36(13-11-32)58-25-30-7-14-38(48)39(49)18-30/h5-15,17-18,21-22,33,40-41,44,50H,3-4,16,19-20,23-26H2,1-2H3,(H,52,54)(H,56,57)/t33?,40-,41-,44+/m0/s1. The van der Waals surface area contributed by atoms with Crippen LogP contribution in [0.4, 0.5) is 0 Å². The average Bonchev–Trinajstić information content (AvgIpc) is 3.26. The SMILES string of the molecule is Cc1nccc(-c2ccc(C[C@H](NC(=O)[C@@H]3Cc4cc5c(cc4CN3C(=O)C3CCCNC3)O[C@@H](c3ccc(OCc4ccc(Cl)c(Cl)c4)cc3)CO5)C(=O)O)cc2)c1C. The number of aromatic nitrogens is 1. The highest BCUT2D eigenvalue weighted by Crippen LogP contribution is 2.41. The number of rotatable bonds is 11. The summed E-state index contributed by atoms with van der Waals surface area (Å²) in [5, 5.41) is 17.4. The van der Waals surface area contributed by atoms with E-state index in [1.807, 2.05) is 86.6 Å². The lowest BCUT2D eigenvalue weighted by Crippen LogP contribution is -2.57. The Hall–Kier alpha value is -5.62. The molecule has 60 heavy (non-hydrogen) atoms. The van der Waals surface area contributed by atoms with Crippen molar-refractivity contribution in [1.29, 1.82) is 0 Å². The van der Waals surface area contributed by atoms with E-state index < -0.39 is 24.0 Å². The van der Waals surface area contributed by atoms with Crippen molar-refractivity contribution in [3.63, 3.8) is 0 Å². The topological polar surface area (TPSA) is 139 Å². The molecule has 3 aliphatic heterocycles. The highest BCUT2D eigenvalue weighted by molar-refractivity contribution is 6.42. The molecular formula is C47H46Cl2N4O7. The van der Waals surface area contributed by atoms with Crippen molar-refractivity contribution in [3.8, 4) is 28.4 Å². The van der Waals surface area contributed by atoms with Crippen LogP contribution in [0.15, 0.2) is 91.1 Å². The number of halogens is 2. The van der Waals surface area contributed by atoms with Crippen molar-refractivity contribution in [2.75, 3.05) is 19.7 Å². The molecule has 0 aliphatic carbocycles. The molecule has 0 bridgehead atoms. The molecule has 3 N–H and O–H groups in total. The van der Waals surface area contributed by atoms with Crippen molar-refractivity contribution in [1.82, 2.24) is 20.5 Å². The molecule has 0 spiro atoms. The van der Waals surface area contributed by atoms with Gasteiger partial charge in [0.2, 0.25) is 11.8 Å². The number of carbonyl (C=O) groups is 3. The first kappa shape index (κ1) is 41.1. The number of nitrogens with one attached hydrogen (secondary N) is 2. The maximum absolute atomic E-state index is 14.2. The van der Waals surface area contributed by atoms with Crippen molar-refractivity contribution < 1.29 is 33.7 Å². The number of amides is 2. The summed E-state index contributed by atoms with van der Waals surface area (Å²) in [6, 6.07) is 24.3. The summed E-state index contributed by atoms with van der Waals surface area (Å²) in [7, 11) is 0. The Morgan fingerprint density at radius 1 is 0.950 bits per heavy atom. The van der Waals surface area contributed by atoms with Gasteiger partial charge in [-0.2, -0.15) is 0 Å². The number of aliphatic carboxylic acids is 1. The third-order valence-electron chi connectivity index (χ3n) is 11.7. The van der Waals surface area contributed by atoms with Crippen LogP contribution in [0.5, 0.6) is 17.2 Å². The monoisotopic (exact) mass is 848 g/mol. The number of carbonyl (C=O) groups excluding carboxylic acids is 2. The minimum absolute atomic E-state index is 0.0772. The zero-order valence-corrected chi connectivity index (χ0v) is 34.9. The second-order valence-electron chi connectivity index (χ2n) is 15.7. The van der Waals surface area contributed by atoms with Crippen LogP contribution < -0.4 is 24.8 Å². The maximum atomic E-state index is 14.2. The number of nitrogens with zero attached hydrogens (tertiary/aromatic N) is 2. The number of fused-ring (bicyclic) bond motifs is 2. The highest BCUT2D eigenvalue weighted by atomic mass is 35.5. The zero-order valence-electron chi connectivity index (χ0n) is 33.4. The van der Waals surface area contributed by atoms with Gasteiger partial charge < -0.3 is 34.9 Å². The van der Waals surface area contributed by atoms with E-state index in [4.69, 9.17) is 37.4 Å². The van der Waals surface area contributed by atoms with Gasteiger partial charge in [0.25, 0.3) is 0 Å². The first-order valence-corrected chi connectivity index (χ1v) is 20.9. The van der Waals surface area contributed by atoms with E-state index >= 15 is 0 Å². The molecular weight excluding hydrogens is 803 g/mol. The van der Waals surface area contributed by atoms with Gasteiger partial charge in [0.1, 0.15) is 31.0 Å². The van der Waals surface area contributed by atoms with Crippen LogP contribution in [0.25, 0.3) is 11.1 Å². The first-order valence-electron chi connectivity index (χ1n) is 20.2. The molecule has 4 heterocycles. The van der Waals surface area contributed by atoms with Crippen LogP contribution in [0.2, 0.25) is 10.0 Å². The predicted octanol–water partition coefficient (Wildman–Crippen LogP) is 7.83. The molecule has 4 atom stereocenters. The second-order valence-corrected chi connectivity index (χ2v) is 16.5. The number of aryl methyl sites for hydroxylation is 1. The van der Waals surface area contributed by atoms with Crippen molar-refractivity contribution in [3.05, 3.63) is 140 Å². The van der Waals surface area contributed by atoms with Gasteiger partial charge >= 0.3 is 5.97 Å². The molecule has 0 radical (unpaired) electrons. The van der Waals surface area contributed by atoms with Gasteiger partial charge in [-0.3, -0.25) is 14.6 Å². The van der Waals surface area contributed by atoms with Gasteiger partial charge in [-0.25, -0.2) is 4.79 Å². The number of ether oxygens (including phenoxy) is 3. The Labute approximate surface area is 359 Å². The molecule has 5 aromatic rings. The number of carboxylic acid groups (broad SMARTS) is 1. The Bertz CT molecular complexity index is 2400. The average molecular weight is 850 g/mol. The number of piperidine rings is 1. The van der Waals surface area contributed by atoms with E-state index in [-0.39, 0.29) is 43.9 Å². The molecule has 1 unspecified atom stereocenters. The Balaban J connectivity index is 0.971.